The number of carbonyl (C=O) groups excluding carboxylic acids is 1. The van der Waals surface area contributed by atoms with Crippen LogP contribution >= 0.6 is 0 Å². The number of aliphatic imine (C=N–C) groups is 1. The van der Waals surface area contributed by atoms with Crippen molar-refractivity contribution in [2.24, 2.45) is 4.99 Å². The summed E-state index contributed by atoms with van der Waals surface area (Å²) in [5.74, 6) is -0.00451. The van der Waals surface area contributed by atoms with Gasteiger partial charge in [0, 0.05) is 19.7 Å². The van der Waals surface area contributed by atoms with E-state index in [9.17, 15) is 13.2 Å². The molecule has 0 bridgehead atoms. The van der Waals surface area contributed by atoms with Crippen molar-refractivity contribution < 1.29 is 17.9 Å². The summed E-state index contributed by atoms with van der Waals surface area (Å²) >= 11 is 0. The number of piperidine rings is 1. The van der Waals surface area contributed by atoms with Crippen molar-refractivity contribution in [2.75, 3.05) is 26.0 Å². The summed E-state index contributed by atoms with van der Waals surface area (Å²) < 4.78 is 30.2. The first-order valence-electron chi connectivity index (χ1n) is 5.56. The van der Waals surface area contributed by atoms with Crippen molar-refractivity contribution in [3.63, 3.8) is 0 Å². The molecule has 17 heavy (non-hydrogen) atoms. The van der Waals surface area contributed by atoms with E-state index in [1.807, 2.05) is 6.92 Å². The molecule has 0 aliphatic carbocycles. The van der Waals surface area contributed by atoms with Crippen LogP contribution in [0.15, 0.2) is 4.99 Å². The quantitative estimate of drug-likeness (QED) is 0.522. The van der Waals surface area contributed by atoms with Crippen LogP contribution in [0.4, 0.5) is 0 Å². The normalized spacial score (nSPS) is 26.5. The van der Waals surface area contributed by atoms with E-state index >= 15 is 0 Å². The Labute approximate surface area is 102 Å². The summed E-state index contributed by atoms with van der Waals surface area (Å²) in [6.45, 7) is 2.43. The summed E-state index contributed by atoms with van der Waals surface area (Å²) in [6, 6.07) is -0.232. The highest BCUT2D eigenvalue weighted by atomic mass is 32.2. The topological polar surface area (TPSA) is 76.0 Å². The maximum absolute atomic E-state index is 12.0. The molecule has 2 atom stereocenters. The molecule has 1 aliphatic rings. The molecule has 1 saturated heterocycles. The second-order valence-corrected chi connectivity index (χ2v) is 6.21. The Balaban J connectivity index is 2.65. The van der Waals surface area contributed by atoms with Crippen LogP contribution in [0.5, 0.6) is 0 Å². The Morgan fingerprint density at radius 1 is 1.53 bits per heavy atom. The fraction of sp³-hybridized carbons (Fsp3) is 0.900. The van der Waals surface area contributed by atoms with E-state index in [2.05, 4.69) is 4.99 Å². The van der Waals surface area contributed by atoms with E-state index in [1.165, 1.54) is 17.5 Å². The van der Waals surface area contributed by atoms with E-state index in [1.54, 1.807) is 0 Å². The van der Waals surface area contributed by atoms with Crippen LogP contribution in [0.3, 0.4) is 0 Å². The van der Waals surface area contributed by atoms with Gasteiger partial charge in [0.15, 0.2) is 0 Å². The lowest BCUT2D eigenvalue weighted by atomic mass is 10.0. The lowest BCUT2D eigenvalue weighted by molar-refractivity contribution is 0.210. The monoisotopic (exact) mass is 262 g/mol. The summed E-state index contributed by atoms with van der Waals surface area (Å²) in [5.41, 5.74) is 0. The second kappa shape index (κ2) is 6.26. The zero-order valence-electron chi connectivity index (χ0n) is 10.1. The van der Waals surface area contributed by atoms with E-state index in [0.717, 1.165) is 0 Å². The standard InChI is InChI=1S/C10H18N2O4S/c1-9-7-10(11-8-13)3-4-12(9)17(14,15)6-5-16-2/h9-10H,3-7H2,1-2H3. The van der Waals surface area contributed by atoms with Crippen LogP contribution in [0.25, 0.3) is 0 Å². The molecule has 2 unspecified atom stereocenters. The van der Waals surface area contributed by atoms with Gasteiger partial charge < -0.3 is 4.74 Å². The lowest BCUT2D eigenvalue weighted by Crippen LogP contribution is -2.46. The maximum atomic E-state index is 12.0. The van der Waals surface area contributed by atoms with E-state index in [-0.39, 0.29) is 24.4 Å². The predicted molar refractivity (Wildman–Crippen MR) is 63.0 cm³/mol. The summed E-state index contributed by atoms with van der Waals surface area (Å²) in [7, 11) is -1.79. The summed E-state index contributed by atoms with van der Waals surface area (Å²) in [5, 5.41) is 0. The Morgan fingerprint density at radius 3 is 2.76 bits per heavy atom. The Bertz CT molecular complexity index is 389. The average molecular weight is 262 g/mol. The van der Waals surface area contributed by atoms with Gasteiger partial charge in [-0.3, -0.25) is 0 Å². The van der Waals surface area contributed by atoms with Crippen molar-refractivity contribution in [1.82, 2.24) is 4.31 Å². The van der Waals surface area contributed by atoms with Crippen molar-refractivity contribution in [3.05, 3.63) is 0 Å². The van der Waals surface area contributed by atoms with Crippen LogP contribution < -0.4 is 0 Å². The zero-order valence-corrected chi connectivity index (χ0v) is 10.9. The number of ether oxygens (including phenoxy) is 1. The third-order valence-electron chi connectivity index (χ3n) is 2.93. The van der Waals surface area contributed by atoms with Crippen molar-refractivity contribution in [3.8, 4) is 0 Å². The first-order chi connectivity index (χ1) is 8.01. The van der Waals surface area contributed by atoms with Gasteiger partial charge in [-0.2, -0.15) is 4.31 Å². The summed E-state index contributed by atoms with van der Waals surface area (Å²) in [4.78, 5) is 13.8. The largest absolute Gasteiger partial charge is 0.384 e. The van der Waals surface area contributed by atoms with E-state index < -0.39 is 10.0 Å². The highest BCUT2D eigenvalue weighted by Crippen LogP contribution is 2.22. The van der Waals surface area contributed by atoms with Gasteiger partial charge in [-0.1, -0.05) is 0 Å². The molecule has 1 fully saturated rings. The maximum Gasteiger partial charge on any atom is 0.235 e. The molecule has 7 heteroatoms. The van der Waals surface area contributed by atoms with Crippen LogP contribution in [0, 0.1) is 0 Å². The van der Waals surface area contributed by atoms with Crippen molar-refractivity contribution >= 4 is 16.1 Å². The van der Waals surface area contributed by atoms with Gasteiger partial charge in [-0.25, -0.2) is 18.2 Å². The number of hydrogen-bond donors (Lipinski definition) is 0. The van der Waals surface area contributed by atoms with Gasteiger partial charge in [0.05, 0.1) is 18.4 Å². The molecule has 0 aromatic carbocycles. The molecule has 0 radical (unpaired) electrons. The molecule has 0 amide bonds. The first kappa shape index (κ1) is 14.3. The van der Waals surface area contributed by atoms with E-state index in [0.29, 0.717) is 19.4 Å². The van der Waals surface area contributed by atoms with Gasteiger partial charge >= 0.3 is 0 Å². The lowest BCUT2D eigenvalue weighted by Gasteiger charge is -2.34. The van der Waals surface area contributed by atoms with Crippen LogP contribution in [0.1, 0.15) is 19.8 Å². The highest BCUT2D eigenvalue weighted by molar-refractivity contribution is 7.89. The molecule has 6 nitrogen and oxygen atoms in total. The smallest absolute Gasteiger partial charge is 0.235 e. The van der Waals surface area contributed by atoms with E-state index in [4.69, 9.17) is 4.74 Å². The number of isocyanates is 1. The fourth-order valence-corrected chi connectivity index (χ4v) is 3.67. The molecule has 0 aromatic rings. The molecule has 98 valence electrons. The van der Waals surface area contributed by atoms with Gasteiger partial charge in [0.25, 0.3) is 0 Å². The Hall–Kier alpha value is -0.750. The van der Waals surface area contributed by atoms with Gasteiger partial charge in [0.1, 0.15) is 0 Å². The molecular weight excluding hydrogens is 244 g/mol. The number of nitrogens with zero attached hydrogens (tertiary/aromatic N) is 2. The minimum absolute atomic E-state index is 0.00451. The fourth-order valence-electron chi connectivity index (χ4n) is 2.04. The Kier molecular flexibility index (Phi) is 5.27. The Morgan fingerprint density at radius 2 is 2.24 bits per heavy atom. The summed E-state index contributed by atoms with van der Waals surface area (Å²) in [6.07, 6.45) is 2.68. The SMILES string of the molecule is COCCS(=O)(=O)N1CCC(N=C=O)CC1C. The number of sulfonamides is 1. The highest BCUT2D eigenvalue weighted by Gasteiger charge is 2.32. The van der Waals surface area contributed by atoms with Gasteiger partial charge in [-0.15, -0.1) is 0 Å². The molecular formula is C10H18N2O4S. The molecule has 0 aromatic heterocycles. The van der Waals surface area contributed by atoms with Crippen LogP contribution in [-0.2, 0) is 19.6 Å². The molecule has 1 heterocycles. The third kappa shape index (κ3) is 3.89. The zero-order chi connectivity index (χ0) is 12.9. The van der Waals surface area contributed by atoms with Crippen LogP contribution in [-0.4, -0.2) is 56.9 Å². The number of rotatable bonds is 5. The predicted octanol–water partition coefficient (Wildman–Crippen LogP) is 0.151. The number of methoxy groups -OCH3 is 1. The molecule has 1 rings (SSSR count). The van der Waals surface area contributed by atoms with Crippen molar-refractivity contribution in [2.45, 2.75) is 31.8 Å². The molecule has 0 N–H and O–H groups in total. The molecule has 0 spiro atoms. The molecule has 1 aliphatic heterocycles. The number of hydrogen-bond acceptors (Lipinski definition) is 5. The first-order valence-corrected chi connectivity index (χ1v) is 7.17. The van der Waals surface area contributed by atoms with Crippen LogP contribution in [0.2, 0.25) is 0 Å². The average Bonchev–Trinajstić information content (AvgIpc) is 2.26. The van der Waals surface area contributed by atoms with Crippen molar-refractivity contribution in [1.29, 1.82) is 0 Å². The molecule has 0 saturated carbocycles. The minimum atomic E-state index is -3.26. The third-order valence-corrected chi connectivity index (χ3v) is 4.87. The van der Waals surface area contributed by atoms with Gasteiger partial charge in [-0.05, 0) is 19.8 Å². The minimum Gasteiger partial charge on any atom is -0.384 e. The van der Waals surface area contributed by atoms with Gasteiger partial charge in [0.2, 0.25) is 16.1 Å². The second-order valence-electron chi connectivity index (χ2n) is 4.17.